The molecule has 2 aromatic carbocycles. The number of hydrogen-bond acceptors (Lipinski definition) is 10. The second-order valence-corrected chi connectivity index (χ2v) is 10.4. The molecular weight excluding hydrogens is 494 g/mol. The van der Waals surface area contributed by atoms with Gasteiger partial charge in [-0.1, -0.05) is 31.4 Å². The first kappa shape index (κ1) is 26.5. The molecule has 0 unspecified atom stereocenters. The van der Waals surface area contributed by atoms with Gasteiger partial charge in [0.2, 0.25) is 17.8 Å². The lowest BCUT2D eigenvalue weighted by atomic mass is 9.96. The summed E-state index contributed by atoms with van der Waals surface area (Å²) < 4.78 is 0. The first-order chi connectivity index (χ1) is 18.9. The van der Waals surface area contributed by atoms with Crippen molar-refractivity contribution in [2.24, 2.45) is 0 Å². The highest BCUT2D eigenvalue weighted by molar-refractivity contribution is 5.53. The number of piperazine rings is 1. The van der Waals surface area contributed by atoms with Crippen molar-refractivity contribution in [3.8, 4) is 0 Å². The number of rotatable bonds is 9. The van der Waals surface area contributed by atoms with Gasteiger partial charge in [0.1, 0.15) is 0 Å². The maximum Gasteiger partial charge on any atom is 0.269 e. The first-order valence-electron chi connectivity index (χ1n) is 13.7. The fraction of sp³-hybridized carbons (Fsp3) is 0.464. The average Bonchev–Trinajstić information content (AvgIpc) is 2.97. The average molecular weight is 532 g/mol. The van der Waals surface area contributed by atoms with Gasteiger partial charge in [0.25, 0.3) is 5.69 Å². The Morgan fingerprint density at radius 1 is 0.872 bits per heavy atom. The van der Waals surface area contributed by atoms with Gasteiger partial charge in [-0.15, -0.1) is 0 Å². The molecule has 1 aliphatic carbocycles. The third-order valence-corrected chi connectivity index (χ3v) is 7.45. The lowest BCUT2D eigenvalue weighted by molar-refractivity contribution is -0.384. The Hall–Kier alpha value is -4.15. The van der Waals surface area contributed by atoms with Crippen LogP contribution in [0.5, 0.6) is 0 Å². The van der Waals surface area contributed by atoms with Crippen molar-refractivity contribution < 1.29 is 4.92 Å². The van der Waals surface area contributed by atoms with Gasteiger partial charge < -0.3 is 25.3 Å². The van der Waals surface area contributed by atoms with Crippen LogP contribution < -0.4 is 25.3 Å². The Labute approximate surface area is 229 Å². The molecule has 11 heteroatoms. The minimum Gasteiger partial charge on any atom is -0.378 e. The molecule has 0 radical (unpaired) electrons. The van der Waals surface area contributed by atoms with E-state index in [0.29, 0.717) is 30.4 Å². The largest absolute Gasteiger partial charge is 0.378 e. The molecule has 39 heavy (non-hydrogen) atoms. The van der Waals surface area contributed by atoms with Gasteiger partial charge in [0.05, 0.1) is 4.92 Å². The molecule has 1 aromatic heterocycles. The second-order valence-electron chi connectivity index (χ2n) is 10.4. The van der Waals surface area contributed by atoms with Gasteiger partial charge in [-0.3, -0.25) is 10.1 Å². The Bertz CT molecular complexity index is 1240. The quantitative estimate of drug-likeness (QED) is 0.301. The number of nitrogens with zero attached hydrogens (tertiary/aromatic N) is 7. The van der Waals surface area contributed by atoms with Crippen LogP contribution in [0.4, 0.5) is 34.9 Å². The van der Waals surface area contributed by atoms with Crippen molar-refractivity contribution in [1.29, 1.82) is 0 Å². The zero-order valence-electron chi connectivity index (χ0n) is 22.7. The summed E-state index contributed by atoms with van der Waals surface area (Å²) in [5.74, 6) is 1.85. The maximum absolute atomic E-state index is 11.0. The van der Waals surface area contributed by atoms with Gasteiger partial charge in [-0.2, -0.15) is 15.0 Å². The standard InChI is InChI=1S/C28H37N9O2/c1-34(2)23-10-8-21(9-11-23)20-29-26-31-27(30-22-6-4-3-5-7-22)33-28(32-26)36-18-16-35(17-19-36)24-12-14-25(15-13-24)37(38)39/h8-15,22H,3-7,16-20H2,1-2H3,(H2,29,30,31,32,33). The summed E-state index contributed by atoms with van der Waals surface area (Å²) in [5.41, 5.74) is 3.40. The molecule has 2 fully saturated rings. The van der Waals surface area contributed by atoms with E-state index in [1.165, 1.54) is 19.3 Å². The Kier molecular flexibility index (Phi) is 8.24. The molecule has 206 valence electrons. The number of nitro groups is 1. The number of anilines is 5. The molecule has 5 rings (SSSR count). The van der Waals surface area contributed by atoms with Crippen molar-refractivity contribution in [3.63, 3.8) is 0 Å². The molecule has 1 saturated heterocycles. The van der Waals surface area contributed by atoms with Crippen LogP contribution in [0.15, 0.2) is 48.5 Å². The van der Waals surface area contributed by atoms with Gasteiger partial charge in [0.15, 0.2) is 0 Å². The number of aromatic nitrogens is 3. The Morgan fingerprint density at radius 2 is 1.51 bits per heavy atom. The normalized spacial score (nSPS) is 16.2. The Balaban J connectivity index is 1.28. The molecule has 0 atom stereocenters. The summed E-state index contributed by atoms with van der Waals surface area (Å²) in [5, 5.41) is 18.0. The van der Waals surface area contributed by atoms with Crippen LogP contribution in [0.25, 0.3) is 0 Å². The van der Waals surface area contributed by atoms with Crippen LogP contribution in [-0.4, -0.2) is 66.2 Å². The number of non-ortho nitro benzene ring substituents is 1. The zero-order valence-corrected chi connectivity index (χ0v) is 22.7. The minimum atomic E-state index is -0.369. The predicted molar refractivity (Wildman–Crippen MR) is 156 cm³/mol. The highest BCUT2D eigenvalue weighted by Gasteiger charge is 2.22. The summed E-state index contributed by atoms with van der Waals surface area (Å²) in [6, 6.07) is 15.6. The van der Waals surface area contributed by atoms with Crippen molar-refractivity contribution in [1.82, 2.24) is 15.0 Å². The number of hydrogen-bond donors (Lipinski definition) is 2. The molecule has 2 heterocycles. The summed E-state index contributed by atoms with van der Waals surface area (Å²) >= 11 is 0. The molecule has 11 nitrogen and oxygen atoms in total. The molecular formula is C28H37N9O2. The van der Waals surface area contributed by atoms with Crippen LogP contribution in [-0.2, 0) is 6.54 Å². The molecule has 3 aromatic rings. The lowest BCUT2D eigenvalue weighted by Crippen LogP contribution is -2.47. The van der Waals surface area contributed by atoms with E-state index in [1.54, 1.807) is 12.1 Å². The van der Waals surface area contributed by atoms with Gasteiger partial charge in [0, 0.05) is 76.4 Å². The topological polar surface area (TPSA) is 116 Å². The zero-order chi connectivity index (χ0) is 27.2. The van der Waals surface area contributed by atoms with E-state index in [0.717, 1.165) is 56.0 Å². The summed E-state index contributed by atoms with van der Waals surface area (Å²) in [7, 11) is 4.07. The van der Waals surface area contributed by atoms with Gasteiger partial charge in [-0.25, -0.2) is 0 Å². The third kappa shape index (κ3) is 6.84. The summed E-state index contributed by atoms with van der Waals surface area (Å²) in [6.45, 7) is 3.66. The van der Waals surface area contributed by atoms with Crippen LogP contribution in [0, 0.1) is 10.1 Å². The van der Waals surface area contributed by atoms with E-state index < -0.39 is 0 Å². The first-order valence-corrected chi connectivity index (χ1v) is 13.7. The molecule has 1 saturated carbocycles. The van der Waals surface area contributed by atoms with E-state index in [2.05, 4.69) is 49.6 Å². The maximum atomic E-state index is 11.0. The van der Waals surface area contributed by atoms with E-state index >= 15 is 0 Å². The number of nitro benzene ring substituents is 1. The fourth-order valence-electron chi connectivity index (χ4n) is 5.12. The predicted octanol–water partition coefficient (Wildman–Crippen LogP) is 4.53. The van der Waals surface area contributed by atoms with Gasteiger partial charge >= 0.3 is 0 Å². The van der Waals surface area contributed by atoms with Crippen molar-refractivity contribution in [2.45, 2.75) is 44.7 Å². The summed E-state index contributed by atoms with van der Waals surface area (Å²) in [4.78, 5) is 31.5. The molecule has 0 bridgehead atoms. The van der Waals surface area contributed by atoms with Gasteiger partial charge in [-0.05, 0) is 42.7 Å². The molecule has 0 amide bonds. The van der Waals surface area contributed by atoms with Crippen LogP contribution in [0.1, 0.15) is 37.7 Å². The number of benzene rings is 2. The Morgan fingerprint density at radius 3 is 2.15 bits per heavy atom. The van der Waals surface area contributed by atoms with E-state index in [4.69, 9.17) is 15.0 Å². The van der Waals surface area contributed by atoms with E-state index in [1.807, 2.05) is 26.2 Å². The van der Waals surface area contributed by atoms with Crippen molar-refractivity contribution in [2.75, 3.05) is 65.6 Å². The molecule has 2 aliphatic rings. The fourth-order valence-corrected chi connectivity index (χ4v) is 5.12. The van der Waals surface area contributed by atoms with Crippen LogP contribution >= 0.6 is 0 Å². The highest BCUT2D eigenvalue weighted by atomic mass is 16.6. The highest BCUT2D eigenvalue weighted by Crippen LogP contribution is 2.25. The molecule has 1 aliphatic heterocycles. The SMILES string of the molecule is CN(C)c1ccc(CNc2nc(NC3CCCCC3)nc(N3CCN(c4ccc([N+](=O)[O-])cc4)CC3)n2)cc1. The van der Waals surface area contributed by atoms with E-state index in [-0.39, 0.29) is 10.6 Å². The van der Waals surface area contributed by atoms with Crippen molar-refractivity contribution in [3.05, 3.63) is 64.2 Å². The summed E-state index contributed by atoms with van der Waals surface area (Å²) in [6.07, 6.45) is 6.02. The number of nitrogens with one attached hydrogen (secondary N) is 2. The molecule has 2 N–H and O–H groups in total. The van der Waals surface area contributed by atoms with Crippen LogP contribution in [0.3, 0.4) is 0 Å². The molecule has 0 spiro atoms. The second kappa shape index (κ2) is 12.1. The van der Waals surface area contributed by atoms with E-state index in [9.17, 15) is 10.1 Å². The third-order valence-electron chi connectivity index (χ3n) is 7.45. The smallest absolute Gasteiger partial charge is 0.269 e. The lowest BCUT2D eigenvalue weighted by Gasteiger charge is -2.36. The minimum absolute atomic E-state index is 0.106. The van der Waals surface area contributed by atoms with Crippen molar-refractivity contribution >= 4 is 34.9 Å². The monoisotopic (exact) mass is 531 g/mol. The van der Waals surface area contributed by atoms with Crippen LogP contribution in [0.2, 0.25) is 0 Å².